The van der Waals surface area contributed by atoms with Gasteiger partial charge in [-0.25, -0.2) is 0 Å². The van der Waals surface area contributed by atoms with Crippen LogP contribution in [-0.2, 0) is 0 Å². The first kappa shape index (κ1) is 9.49. The van der Waals surface area contributed by atoms with Crippen molar-refractivity contribution in [3.8, 4) is 0 Å². The summed E-state index contributed by atoms with van der Waals surface area (Å²) in [7, 11) is 2.74. The van der Waals surface area contributed by atoms with Crippen molar-refractivity contribution in [3.05, 3.63) is 14.6 Å². The highest BCUT2D eigenvalue weighted by atomic mass is 35.5. The largest absolute Gasteiger partial charge is 0.361 e. The van der Waals surface area contributed by atoms with Crippen LogP contribution < -0.4 is 9.64 Å². The van der Waals surface area contributed by atoms with Gasteiger partial charge in [-0.2, -0.15) is 0 Å². The molecule has 1 saturated heterocycles. The second-order valence-electron chi connectivity index (χ2n) is 3.12. The molecule has 72 valence electrons. The van der Waals surface area contributed by atoms with E-state index < -0.39 is 0 Å². The van der Waals surface area contributed by atoms with Crippen LogP contribution in [-0.4, -0.2) is 13.1 Å². The second kappa shape index (κ2) is 3.98. The molecule has 0 N–H and O–H groups in total. The summed E-state index contributed by atoms with van der Waals surface area (Å²) in [6, 6.07) is 0. The monoisotopic (exact) mass is 235 g/mol. The lowest BCUT2D eigenvalue weighted by Gasteiger charge is -2.26. The fourth-order valence-electron chi connectivity index (χ4n) is 1.53. The summed E-state index contributed by atoms with van der Waals surface area (Å²) in [6.45, 7) is 2.10. The van der Waals surface area contributed by atoms with Crippen LogP contribution in [0, 0.1) is 0 Å². The van der Waals surface area contributed by atoms with Gasteiger partial charge in [0.1, 0.15) is 10.0 Å². The predicted molar refractivity (Wildman–Crippen MR) is 59.5 cm³/mol. The molecule has 1 aromatic rings. The lowest BCUT2D eigenvalue weighted by molar-refractivity contribution is 0.580. The van der Waals surface area contributed by atoms with Gasteiger partial charge in [0.15, 0.2) is 0 Å². The molecule has 1 fully saturated rings. The van der Waals surface area contributed by atoms with Crippen LogP contribution in [0.3, 0.4) is 0 Å². The maximum absolute atomic E-state index is 11.2. The van der Waals surface area contributed by atoms with Crippen molar-refractivity contribution in [2.75, 3.05) is 18.0 Å². The van der Waals surface area contributed by atoms with Crippen LogP contribution in [0.4, 0.5) is 5.00 Å². The molecule has 1 aliphatic rings. The van der Waals surface area contributed by atoms with Gasteiger partial charge in [-0.1, -0.05) is 21.9 Å². The summed E-state index contributed by atoms with van der Waals surface area (Å²) in [5, 5.41) is 1.41. The van der Waals surface area contributed by atoms with Gasteiger partial charge in [0, 0.05) is 13.1 Å². The van der Waals surface area contributed by atoms with E-state index in [2.05, 4.69) is 4.90 Å². The molecule has 2 rings (SSSR count). The summed E-state index contributed by atoms with van der Waals surface area (Å²) >= 11 is 5.91. The summed E-state index contributed by atoms with van der Waals surface area (Å²) in [5.74, 6) is 0. The van der Waals surface area contributed by atoms with Crippen LogP contribution >= 0.6 is 32.3 Å². The van der Waals surface area contributed by atoms with Gasteiger partial charge in [-0.05, 0) is 29.6 Å². The molecule has 0 aromatic carbocycles. The quantitative estimate of drug-likeness (QED) is 0.698. The van der Waals surface area contributed by atoms with Gasteiger partial charge in [-0.3, -0.25) is 4.79 Å². The Kier molecular flexibility index (Phi) is 2.91. The van der Waals surface area contributed by atoms with Gasteiger partial charge in [0.05, 0.1) is 0 Å². The minimum atomic E-state index is 0.00670. The average Bonchev–Trinajstić information content (AvgIpc) is 2.49. The molecule has 1 aromatic heterocycles. The first-order valence-electron chi connectivity index (χ1n) is 4.32. The first-order chi connectivity index (χ1) is 6.29. The maximum atomic E-state index is 11.2. The van der Waals surface area contributed by atoms with E-state index in [4.69, 9.17) is 11.6 Å². The third-order valence-corrected chi connectivity index (χ3v) is 5.02. The van der Waals surface area contributed by atoms with E-state index in [1.54, 1.807) is 0 Å². The fourth-order valence-corrected chi connectivity index (χ4v) is 4.27. The molecule has 13 heavy (non-hydrogen) atoms. The summed E-state index contributed by atoms with van der Waals surface area (Å²) in [4.78, 5) is 13.4. The van der Waals surface area contributed by atoms with Crippen LogP contribution in [0.5, 0.6) is 0 Å². The minimum Gasteiger partial charge on any atom is -0.361 e. The van der Waals surface area contributed by atoms with E-state index in [1.807, 2.05) is 0 Å². The molecular weight excluding hydrogens is 226 g/mol. The Balaban J connectivity index is 2.23. The molecule has 0 bridgehead atoms. The number of nitrogens with zero attached hydrogens (tertiary/aromatic N) is 1. The van der Waals surface area contributed by atoms with E-state index in [-0.39, 0.29) is 4.74 Å². The van der Waals surface area contributed by atoms with E-state index in [9.17, 15) is 4.79 Å². The molecule has 2 heterocycles. The number of anilines is 1. The van der Waals surface area contributed by atoms with Gasteiger partial charge < -0.3 is 4.90 Å². The molecule has 0 spiro atoms. The van der Waals surface area contributed by atoms with Gasteiger partial charge in [0.2, 0.25) is 0 Å². The lowest BCUT2D eigenvalue weighted by atomic mass is 10.1. The number of rotatable bonds is 1. The van der Waals surface area contributed by atoms with Crippen LogP contribution in [0.15, 0.2) is 4.79 Å². The van der Waals surface area contributed by atoms with Crippen molar-refractivity contribution in [1.82, 2.24) is 0 Å². The van der Waals surface area contributed by atoms with E-state index in [0.717, 1.165) is 18.1 Å². The third-order valence-electron chi connectivity index (χ3n) is 2.21. The van der Waals surface area contributed by atoms with Crippen molar-refractivity contribution in [1.29, 1.82) is 0 Å². The zero-order chi connectivity index (χ0) is 9.26. The Hall–Kier alpha value is -0.0600. The minimum absolute atomic E-state index is 0.00670. The SMILES string of the molecule is O=c1ssc(N2CCCCC2)c1Cl. The average molecular weight is 236 g/mol. The smallest absolute Gasteiger partial charge is 0.263 e. The van der Waals surface area contributed by atoms with Crippen LogP contribution in [0.1, 0.15) is 19.3 Å². The predicted octanol–water partition coefficient (Wildman–Crippen LogP) is 2.81. The number of hydrogen-bond acceptors (Lipinski definition) is 4. The Morgan fingerprint density at radius 3 is 2.38 bits per heavy atom. The normalized spacial score (nSPS) is 17.8. The van der Waals surface area contributed by atoms with Gasteiger partial charge >= 0.3 is 0 Å². The van der Waals surface area contributed by atoms with Crippen LogP contribution in [0.25, 0.3) is 0 Å². The van der Waals surface area contributed by atoms with Crippen molar-refractivity contribution >= 4 is 37.3 Å². The molecule has 0 saturated carbocycles. The van der Waals surface area contributed by atoms with Crippen molar-refractivity contribution in [3.63, 3.8) is 0 Å². The zero-order valence-corrected chi connectivity index (χ0v) is 9.47. The molecular formula is C8H10ClNOS2. The third kappa shape index (κ3) is 1.90. The van der Waals surface area contributed by atoms with Gasteiger partial charge in [0.25, 0.3) is 4.74 Å². The van der Waals surface area contributed by atoms with E-state index in [1.165, 1.54) is 39.9 Å². The second-order valence-corrected chi connectivity index (χ2v) is 5.59. The highest BCUT2D eigenvalue weighted by Crippen LogP contribution is 2.32. The molecule has 5 heteroatoms. The number of piperidine rings is 1. The molecule has 1 aliphatic heterocycles. The fraction of sp³-hybridized carbons (Fsp3) is 0.625. The van der Waals surface area contributed by atoms with Crippen molar-refractivity contribution < 1.29 is 0 Å². The van der Waals surface area contributed by atoms with Crippen molar-refractivity contribution in [2.24, 2.45) is 0 Å². The maximum Gasteiger partial charge on any atom is 0.263 e. The summed E-state index contributed by atoms with van der Waals surface area (Å²) in [6.07, 6.45) is 3.73. The molecule has 0 unspecified atom stereocenters. The Labute approximate surface area is 89.1 Å². The lowest BCUT2D eigenvalue weighted by Crippen LogP contribution is -2.29. The number of halogens is 1. The van der Waals surface area contributed by atoms with E-state index >= 15 is 0 Å². The summed E-state index contributed by atoms with van der Waals surface area (Å²) in [5.41, 5.74) is 0. The number of hydrogen-bond donors (Lipinski definition) is 0. The van der Waals surface area contributed by atoms with Gasteiger partial charge in [-0.15, -0.1) is 0 Å². The first-order valence-corrected chi connectivity index (χ1v) is 6.85. The topological polar surface area (TPSA) is 20.3 Å². The molecule has 2 nitrogen and oxygen atoms in total. The Bertz CT molecular complexity index is 340. The standard InChI is InChI=1S/C8H10ClNOS2/c9-6-7(12-13-8(6)11)10-4-2-1-3-5-10/h1-5H2. The molecule has 0 aliphatic carbocycles. The van der Waals surface area contributed by atoms with Crippen molar-refractivity contribution in [2.45, 2.75) is 19.3 Å². The Morgan fingerprint density at radius 2 is 1.85 bits per heavy atom. The van der Waals surface area contributed by atoms with E-state index in [0.29, 0.717) is 5.02 Å². The zero-order valence-electron chi connectivity index (χ0n) is 7.09. The molecule has 0 amide bonds. The molecule has 0 radical (unpaired) electrons. The molecule has 0 atom stereocenters. The Morgan fingerprint density at radius 1 is 1.15 bits per heavy atom. The highest BCUT2D eigenvalue weighted by Gasteiger charge is 2.17. The van der Waals surface area contributed by atoms with Crippen LogP contribution in [0.2, 0.25) is 5.02 Å². The highest BCUT2D eigenvalue weighted by molar-refractivity contribution is 7.70. The summed E-state index contributed by atoms with van der Waals surface area (Å²) < 4.78 is 0.00670.